The van der Waals surface area contributed by atoms with E-state index in [1.165, 1.54) is 0 Å². The monoisotopic (exact) mass is 237 g/mol. The number of methoxy groups -OCH3 is 1. The lowest BCUT2D eigenvalue weighted by Crippen LogP contribution is -2.15. The molecule has 1 rings (SSSR count). The number of benzene rings is 1. The van der Waals surface area contributed by atoms with Crippen LogP contribution < -0.4 is 15.2 Å². The van der Waals surface area contributed by atoms with Crippen molar-refractivity contribution < 1.29 is 9.47 Å². The second-order valence-electron chi connectivity index (χ2n) is 5.10. The summed E-state index contributed by atoms with van der Waals surface area (Å²) in [5.41, 5.74) is 6.66. The van der Waals surface area contributed by atoms with E-state index in [-0.39, 0.29) is 5.41 Å². The zero-order valence-electron chi connectivity index (χ0n) is 11.2. The molecule has 0 unspecified atom stereocenters. The van der Waals surface area contributed by atoms with Gasteiger partial charge in [0.1, 0.15) is 11.5 Å². The fraction of sp³-hybridized carbons (Fsp3) is 0.571. The number of nitrogens with two attached hydrogens (primary N) is 1. The summed E-state index contributed by atoms with van der Waals surface area (Å²) < 4.78 is 11.0. The predicted molar refractivity (Wildman–Crippen MR) is 70.9 cm³/mol. The Bertz CT molecular complexity index is 356. The minimum absolute atomic E-state index is 0.0343. The largest absolute Gasteiger partial charge is 0.497 e. The first-order chi connectivity index (χ1) is 7.99. The molecule has 0 atom stereocenters. The number of rotatable bonds is 5. The lowest BCUT2D eigenvalue weighted by atomic mass is 9.86. The van der Waals surface area contributed by atoms with Gasteiger partial charge in [-0.2, -0.15) is 0 Å². The molecule has 0 bridgehead atoms. The maximum absolute atomic E-state index is 5.77. The maximum atomic E-state index is 5.77. The third-order valence-electron chi connectivity index (χ3n) is 2.60. The van der Waals surface area contributed by atoms with E-state index in [0.29, 0.717) is 13.2 Å². The second kappa shape index (κ2) is 5.92. The molecule has 0 saturated carbocycles. The van der Waals surface area contributed by atoms with Crippen molar-refractivity contribution in [2.24, 2.45) is 5.73 Å². The minimum atomic E-state index is 0.0343. The fourth-order valence-corrected chi connectivity index (χ4v) is 1.61. The van der Waals surface area contributed by atoms with Gasteiger partial charge >= 0.3 is 0 Å². The quantitative estimate of drug-likeness (QED) is 0.801. The normalized spacial score (nSPS) is 11.4. The molecule has 2 N–H and O–H groups in total. The molecule has 96 valence electrons. The third-order valence-corrected chi connectivity index (χ3v) is 2.60. The van der Waals surface area contributed by atoms with Crippen molar-refractivity contribution in [3.05, 3.63) is 23.8 Å². The van der Waals surface area contributed by atoms with E-state index in [2.05, 4.69) is 20.8 Å². The van der Waals surface area contributed by atoms with Crippen molar-refractivity contribution in [2.75, 3.05) is 20.3 Å². The molecule has 0 fully saturated rings. The summed E-state index contributed by atoms with van der Waals surface area (Å²) in [6.45, 7) is 7.81. The SMILES string of the molecule is COc1ccc(OCCCN)c(C(C)(C)C)c1. The Labute approximate surface area is 104 Å². The van der Waals surface area contributed by atoms with Crippen LogP contribution in [0, 0.1) is 0 Å². The van der Waals surface area contributed by atoms with Gasteiger partial charge in [-0.25, -0.2) is 0 Å². The van der Waals surface area contributed by atoms with Gasteiger partial charge in [0.2, 0.25) is 0 Å². The van der Waals surface area contributed by atoms with E-state index in [9.17, 15) is 0 Å². The summed E-state index contributed by atoms with van der Waals surface area (Å²) >= 11 is 0. The summed E-state index contributed by atoms with van der Waals surface area (Å²) in [6.07, 6.45) is 0.871. The first-order valence-electron chi connectivity index (χ1n) is 6.00. The second-order valence-corrected chi connectivity index (χ2v) is 5.10. The predicted octanol–water partition coefficient (Wildman–Crippen LogP) is 2.72. The molecule has 0 radical (unpaired) electrons. The van der Waals surface area contributed by atoms with Gasteiger partial charge in [0.05, 0.1) is 13.7 Å². The van der Waals surface area contributed by atoms with Crippen molar-refractivity contribution >= 4 is 0 Å². The average Bonchev–Trinajstić information content (AvgIpc) is 2.28. The summed E-state index contributed by atoms with van der Waals surface area (Å²) in [4.78, 5) is 0. The van der Waals surface area contributed by atoms with Crippen LogP contribution in [0.15, 0.2) is 18.2 Å². The molecule has 0 aromatic heterocycles. The number of hydrogen-bond donors (Lipinski definition) is 1. The average molecular weight is 237 g/mol. The molecule has 3 heteroatoms. The summed E-state index contributed by atoms with van der Waals surface area (Å²) in [5.74, 6) is 1.79. The Morgan fingerprint density at radius 2 is 1.94 bits per heavy atom. The Kier molecular flexibility index (Phi) is 4.82. The Balaban J connectivity index is 2.95. The van der Waals surface area contributed by atoms with Crippen molar-refractivity contribution in [3.63, 3.8) is 0 Å². The zero-order chi connectivity index (χ0) is 12.9. The fourth-order valence-electron chi connectivity index (χ4n) is 1.61. The first-order valence-corrected chi connectivity index (χ1v) is 6.00. The van der Waals surface area contributed by atoms with Crippen LogP contribution in [0.2, 0.25) is 0 Å². The molecule has 1 aromatic carbocycles. The highest BCUT2D eigenvalue weighted by Gasteiger charge is 2.19. The highest BCUT2D eigenvalue weighted by atomic mass is 16.5. The van der Waals surface area contributed by atoms with Gasteiger partial charge in [-0.15, -0.1) is 0 Å². The maximum Gasteiger partial charge on any atom is 0.123 e. The molecule has 0 aliphatic carbocycles. The molecular weight excluding hydrogens is 214 g/mol. The van der Waals surface area contributed by atoms with Crippen LogP contribution in [0.25, 0.3) is 0 Å². The Morgan fingerprint density at radius 3 is 2.47 bits per heavy atom. The number of hydrogen-bond acceptors (Lipinski definition) is 3. The minimum Gasteiger partial charge on any atom is -0.497 e. The van der Waals surface area contributed by atoms with E-state index < -0.39 is 0 Å². The van der Waals surface area contributed by atoms with E-state index in [1.807, 2.05) is 18.2 Å². The van der Waals surface area contributed by atoms with Gasteiger partial charge in [0.25, 0.3) is 0 Å². The van der Waals surface area contributed by atoms with Gasteiger partial charge in [-0.1, -0.05) is 20.8 Å². The molecule has 0 amide bonds. The molecule has 1 aromatic rings. The van der Waals surface area contributed by atoms with Crippen LogP contribution in [0.1, 0.15) is 32.8 Å². The van der Waals surface area contributed by atoms with Crippen LogP contribution in [0.3, 0.4) is 0 Å². The number of ether oxygens (including phenoxy) is 2. The molecule has 17 heavy (non-hydrogen) atoms. The summed E-state index contributed by atoms with van der Waals surface area (Å²) in [5, 5.41) is 0. The molecule has 0 aliphatic rings. The van der Waals surface area contributed by atoms with E-state index >= 15 is 0 Å². The lowest BCUT2D eigenvalue weighted by molar-refractivity contribution is 0.304. The molecule has 0 heterocycles. The highest BCUT2D eigenvalue weighted by molar-refractivity contribution is 5.44. The van der Waals surface area contributed by atoms with Crippen LogP contribution in [0.5, 0.6) is 11.5 Å². The van der Waals surface area contributed by atoms with Crippen LogP contribution >= 0.6 is 0 Å². The van der Waals surface area contributed by atoms with Crippen molar-refractivity contribution in [2.45, 2.75) is 32.6 Å². The van der Waals surface area contributed by atoms with E-state index in [0.717, 1.165) is 23.5 Å². The van der Waals surface area contributed by atoms with Gasteiger partial charge in [-0.3, -0.25) is 0 Å². The molecule has 0 spiro atoms. The van der Waals surface area contributed by atoms with Crippen molar-refractivity contribution in [1.29, 1.82) is 0 Å². The lowest BCUT2D eigenvalue weighted by Gasteiger charge is -2.23. The smallest absolute Gasteiger partial charge is 0.123 e. The van der Waals surface area contributed by atoms with E-state index in [4.69, 9.17) is 15.2 Å². The zero-order valence-corrected chi connectivity index (χ0v) is 11.2. The topological polar surface area (TPSA) is 44.5 Å². The van der Waals surface area contributed by atoms with E-state index in [1.54, 1.807) is 7.11 Å². The standard InChI is InChI=1S/C14H23NO2/c1-14(2,3)12-10-11(16-4)6-7-13(12)17-9-5-8-15/h6-7,10H,5,8-9,15H2,1-4H3. The van der Waals surface area contributed by atoms with Gasteiger partial charge < -0.3 is 15.2 Å². The Morgan fingerprint density at radius 1 is 1.24 bits per heavy atom. The molecule has 0 saturated heterocycles. The highest BCUT2D eigenvalue weighted by Crippen LogP contribution is 2.34. The summed E-state index contributed by atoms with van der Waals surface area (Å²) in [6, 6.07) is 5.93. The third kappa shape index (κ3) is 3.93. The van der Waals surface area contributed by atoms with Gasteiger partial charge in [0.15, 0.2) is 0 Å². The van der Waals surface area contributed by atoms with Crippen LogP contribution in [0.4, 0.5) is 0 Å². The van der Waals surface area contributed by atoms with Crippen LogP contribution in [-0.2, 0) is 5.41 Å². The molecule has 0 aliphatic heterocycles. The van der Waals surface area contributed by atoms with Gasteiger partial charge in [-0.05, 0) is 36.6 Å². The molecular formula is C14H23NO2. The first kappa shape index (κ1) is 13.8. The van der Waals surface area contributed by atoms with Crippen molar-refractivity contribution in [3.8, 4) is 11.5 Å². The van der Waals surface area contributed by atoms with Crippen molar-refractivity contribution in [1.82, 2.24) is 0 Å². The summed E-state index contributed by atoms with van der Waals surface area (Å²) in [7, 11) is 1.68. The van der Waals surface area contributed by atoms with Gasteiger partial charge in [0, 0.05) is 5.56 Å². The van der Waals surface area contributed by atoms with Crippen LogP contribution in [-0.4, -0.2) is 20.3 Å². The Hall–Kier alpha value is -1.22. The molecule has 3 nitrogen and oxygen atoms in total.